The molecule has 0 aliphatic heterocycles. The zero-order valence-electron chi connectivity index (χ0n) is 8.92. The van der Waals surface area contributed by atoms with Crippen LogP contribution in [-0.4, -0.2) is 58.8 Å². The molecule has 0 aromatic heterocycles. The monoisotopic (exact) mass is 233 g/mol. The summed E-state index contributed by atoms with van der Waals surface area (Å²) in [6.45, 7) is 0.339. The van der Waals surface area contributed by atoms with E-state index >= 15 is 0 Å². The van der Waals surface area contributed by atoms with Crippen LogP contribution in [-0.2, 0) is 14.3 Å². The van der Waals surface area contributed by atoms with E-state index in [9.17, 15) is 9.59 Å². The minimum absolute atomic E-state index is 0.134. The molecule has 3 N–H and O–H groups in total. The summed E-state index contributed by atoms with van der Waals surface area (Å²) in [7, 11) is 0. The zero-order chi connectivity index (χ0) is 12.6. The van der Waals surface area contributed by atoms with E-state index in [-0.39, 0.29) is 13.0 Å². The van der Waals surface area contributed by atoms with Crippen molar-refractivity contribution in [3.05, 3.63) is 0 Å². The maximum absolute atomic E-state index is 11.1. The van der Waals surface area contributed by atoms with E-state index in [1.54, 1.807) is 0 Å². The summed E-state index contributed by atoms with van der Waals surface area (Å²) in [5.74, 6) is -1.71. The fourth-order valence-electron chi connectivity index (χ4n) is 0.760. The number of carbonyl (C=O) groups excluding carboxylic acids is 1. The van der Waals surface area contributed by atoms with Crippen LogP contribution in [0.25, 0.3) is 0 Å². The predicted molar refractivity (Wildman–Crippen MR) is 54.3 cm³/mol. The van der Waals surface area contributed by atoms with Gasteiger partial charge < -0.3 is 20.1 Å². The van der Waals surface area contributed by atoms with Crippen molar-refractivity contribution in [2.75, 3.05) is 19.8 Å². The maximum Gasteiger partial charge on any atom is 0.325 e. The predicted octanol–water partition coefficient (Wildman–Crippen LogP) is -1.18. The Bertz CT molecular complexity index is 275. The van der Waals surface area contributed by atoms with E-state index in [4.69, 9.17) is 15.3 Å². The van der Waals surface area contributed by atoms with Crippen LogP contribution in [0.5, 0.6) is 0 Å². The molecule has 0 fully saturated rings. The summed E-state index contributed by atoms with van der Waals surface area (Å²) in [6.07, 6.45) is -1.23. The number of carboxylic acids is 1. The zero-order valence-corrected chi connectivity index (χ0v) is 8.92. The Balaban J connectivity index is 3.86. The molecule has 0 bridgehead atoms. The number of carboxylic acid groups (broad SMARTS) is 1. The molecule has 92 valence electrons. The van der Waals surface area contributed by atoms with Gasteiger partial charge in [-0.1, -0.05) is 0 Å². The van der Waals surface area contributed by atoms with Gasteiger partial charge in [-0.2, -0.15) is 0 Å². The number of nitrogens with zero attached hydrogens (tertiary/aromatic N) is 1. The fourth-order valence-corrected chi connectivity index (χ4v) is 0.760. The third-order valence-corrected chi connectivity index (χ3v) is 1.53. The number of rotatable bonds is 7. The number of aliphatic imine (C=N–C) groups is 1. The molecule has 7 heteroatoms. The van der Waals surface area contributed by atoms with Crippen LogP contribution in [0.2, 0.25) is 0 Å². The van der Waals surface area contributed by atoms with E-state index in [0.717, 1.165) is 0 Å². The number of esters is 1. The number of aliphatic hydroxyl groups excluding tert-OH is 2. The molecule has 0 radical (unpaired) electrons. The maximum atomic E-state index is 11.1. The lowest BCUT2D eigenvalue weighted by atomic mass is 10.3. The molecule has 16 heavy (non-hydrogen) atoms. The van der Waals surface area contributed by atoms with Crippen LogP contribution >= 0.6 is 0 Å². The summed E-state index contributed by atoms with van der Waals surface area (Å²) in [5.41, 5.74) is 0.339. The average molecular weight is 233 g/mol. The highest BCUT2D eigenvalue weighted by Crippen LogP contribution is 1.93. The first-order valence-corrected chi connectivity index (χ1v) is 4.62. The molecule has 0 aromatic rings. The Morgan fingerprint density at radius 3 is 2.56 bits per heavy atom. The van der Waals surface area contributed by atoms with E-state index in [1.807, 2.05) is 0 Å². The molecule has 0 amide bonds. The Kier molecular flexibility index (Phi) is 7.06. The number of aliphatic hydroxyl groups is 2. The number of carbonyl (C=O) groups is 2. The molecule has 0 aliphatic rings. The van der Waals surface area contributed by atoms with Gasteiger partial charge in [-0.25, -0.2) is 0 Å². The van der Waals surface area contributed by atoms with Crippen LogP contribution in [0.3, 0.4) is 0 Å². The number of hydrogen-bond acceptors (Lipinski definition) is 6. The van der Waals surface area contributed by atoms with E-state index < -0.39 is 31.2 Å². The molecule has 0 aromatic carbocycles. The van der Waals surface area contributed by atoms with Crippen LogP contribution in [0.4, 0.5) is 0 Å². The standard InChI is InChI=1S/C9H15NO6/c1-6(10-3-8(13)14)2-9(15)16-5-7(12)4-11/h7,11-12H,2-5H2,1H3,(H,13,14). The topological polar surface area (TPSA) is 116 Å². The van der Waals surface area contributed by atoms with Gasteiger partial charge in [0.2, 0.25) is 0 Å². The quantitative estimate of drug-likeness (QED) is 0.376. The molecule has 0 aliphatic carbocycles. The Hall–Kier alpha value is -1.47. The van der Waals surface area contributed by atoms with Crippen molar-refractivity contribution in [1.29, 1.82) is 0 Å². The second-order valence-electron chi connectivity index (χ2n) is 3.14. The van der Waals surface area contributed by atoms with Gasteiger partial charge in [0.25, 0.3) is 0 Å². The smallest absolute Gasteiger partial charge is 0.325 e. The van der Waals surface area contributed by atoms with Gasteiger partial charge in [-0.05, 0) is 6.92 Å². The van der Waals surface area contributed by atoms with Gasteiger partial charge >= 0.3 is 11.9 Å². The largest absolute Gasteiger partial charge is 0.480 e. The van der Waals surface area contributed by atoms with Crippen molar-refractivity contribution in [3.63, 3.8) is 0 Å². The molecule has 0 heterocycles. The van der Waals surface area contributed by atoms with Crippen molar-refractivity contribution in [3.8, 4) is 0 Å². The lowest BCUT2D eigenvalue weighted by molar-refractivity contribution is -0.145. The van der Waals surface area contributed by atoms with E-state index in [1.165, 1.54) is 6.92 Å². The minimum atomic E-state index is -1.10. The highest BCUT2D eigenvalue weighted by Gasteiger charge is 2.09. The Labute approximate surface area is 92.4 Å². The second kappa shape index (κ2) is 7.77. The fraction of sp³-hybridized carbons (Fsp3) is 0.667. The first-order chi connectivity index (χ1) is 7.45. The third-order valence-electron chi connectivity index (χ3n) is 1.53. The summed E-state index contributed by atoms with van der Waals surface area (Å²) >= 11 is 0. The molecule has 0 saturated heterocycles. The Morgan fingerprint density at radius 1 is 1.44 bits per heavy atom. The Morgan fingerprint density at radius 2 is 2.06 bits per heavy atom. The summed E-state index contributed by atoms with van der Waals surface area (Å²) < 4.78 is 4.59. The first-order valence-electron chi connectivity index (χ1n) is 4.62. The van der Waals surface area contributed by atoms with E-state index in [0.29, 0.717) is 5.71 Å². The van der Waals surface area contributed by atoms with Crippen LogP contribution in [0.1, 0.15) is 13.3 Å². The summed E-state index contributed by atoms with van der Waals surface area (Å²) in [4.78, 5) is 24.8. The molecule has 0 spiro atoms. The van der Waals surface area contributed by atoms with Crippen LogP contribution in [0.15, 0.2) is 4.99 Å². The average Bonchev–Trinajstić information content (AvgIpc) is 2.23. The molecule has 1 unspecified atom stereocenters. The number of ether oxygens (including phenoxy) is 1. The number of aliphatic carboxylic acids is 1. The van der Waals surface area contributed by atoms with Gasteiger partial charge in [0, 0.05) is 5.71 Å². The van der Waals surface area contributed by atoms with Gasteiger partial charge in [0.05, 0.1) is 13.0 Å². The lowest BCUT2D eigenvalue weighted by Crippen LogP contribution is -2.22. The number of hydrogen-bond donors (Lipinski definition) is 3. The van der Waals surface area contributed by atoms with Gasteiger partial charge in [0.15, 0.2) is 0 Å². The molecule has 7 nitrogen and oxygen atoms in total. The molecule has 1 atom stereocenters. The second-order valence-corrected chi connectivity index (χ2v) is 3.14. The van der Waals surface area contributed by atoms with Gasteiger partial charge in [-0.15, -0.1) is 0 Å². The minimum Gasteiger partial charge on any atom is -0.480 e. The van der Waals surface area contributed by atoms with Crippen molar-refractivity contribution < 1.29 is 29.6 Å². The van der Waals surface area contributed by atoms with Crippen molar-refractivity contribution in [2.45, 2.75) is 19.4 Å². The summed E-state index contributed by atoms with van der Waals surface area (Å²) in [5, 5.41) is 25.6. The van der Waals surface area contributed by atoms with Crippen LogP contribution in [0, 0.1) is 0 Å². The lowest BCUT2D eigenvalue weighted by Gasteiger charge is -2.08. The molecular weight excluding hydrogens is 218 g/mol. The van der Waals surface area contributed by atoms with Crippen LogP contribution < -0.4 is 0 Å². The van der Waals surface area contributed by atoms with Gasteiger partial charge in [-0.3, -0.25) is 14.6 Å². The van der Waals surface area contributed by atoms with Gasteiger partial charge in [0.1, 0.15) is 19.3 Å². The normalized spacial score (nSPS) is 13.3. The third kappa shape index (κ3) is 7.89. The van der Waals surface area contributed by atoms with E-state index in [2.05, 4.69) is 9.73 Å². The highest BCUT2D eigenvalue weighted by atomic mass is 16.5. The molecule has 0 saturated carbocycles. The molecule has 0 rings (SSSR count). The van der Waals surface area contributed by atoms with Crippen molar-refractivity contribution in [2.24, 2.45) is 4.99 Å². The SMILES string of the molecule is CC(CC(=O)OCC(O)CO)=NCC(=O)O. The summed E-state index contributed by atoms with van der Waals surface area (Å²) in [6, 6.07) is 0. The van der Waals surface area contributed by atoms with Crippen molar-refractivity contribution >= 4 is 17.7 Å². The first kappa shape index (κ1) is 14.5. The molecular formula is C9H15NO6. The highest BCUT2D eigenvalue weighted by molar-refractivity contribution is 5.98. The van der Waals surface area contributed by atoms with Crippen molar-refractivity contribution in [1.82, 2.24) is 0 Å².